The largest absolute Gasteiger partial charge is 0.497 e. The molecule has 0 saturated carbocycles. The maximum Gasteiger partial charge on any atom is 0.300 e. The van der Waals surface area contributed by atoms with Gasteiger partial charge in [-0.05, 0) is 61.1 Å². The smallest absolute Gasteiger partial charge is 0.300 e. The van der Waals surface area contributed by atoms with Gasteiger partial charge in [-0.2, -0.15) is 0 Å². The van der Waals surface area contributed by atoms with E-state index in [0.717, 1.165) is 60.5 Å². The molecule has 152 valence electrons. The normalized spacial score (nSPS) is 27.0. The Morgan fingerprint density at radius 3 is 2.75 bits per heavy atom. The van der Waals surface area contributed by atoms with Crippen molar-refractivity contribution in [1.82, 2.24) is 9.88 Å². The number of fused-ring (bicyclic) bond motifs is 4. The van der Waals surface area contributed by atoms with Crippen LogP contribution in [-0.4, -0.2) is 52.3 Å². The van der Waals surface area contributed by atoms with E-state index in [1.54, 1.807) is 13.3 Å². The highest BCUT2D eigenvalue weighted by Gasteiger charge is 2.42. The average molecular weight is 386 g/mol. The number of nitrogens with zero attached hydrogens (tertiary/aromatic N) is 2. The van der Waals surface area contributed by atoms with E-state index >= 15 is 0 Å². The molecule has 0 aliphatic carbocycles. The van der Waals surface area contributed by atoms with Crippen LogP contribution in [0.3, 0.4) is 0 Å². The van der Waals surface area contributed by atoms with Gasteiger partial charge in [0.25, 0.3) is 5.97 Å². The molecule has 2 bridgehead atoms. The number of aliphatic hydroxyl groups is 1. The lowest BCUT2D eigenvalue weighted by Crippen LogP contribution is -2.55. The second-order valence-corrected chi connectivity index (χ2v) is 7.76. The molecule has 6 heteroatoms. The molecule has 28 heavy (non-hydrogen) atoms. The summed E-state index contributed by atoms with van der Waals surface area (Å²) in [7, 11) is 1.67. The molecule has 3 fully saturated rings. The lowest BCUT2D eigenvalue weighted by Gasteiger charge is -2.51. The number of pyridine rings is 1. The van der Waals surface area contributed by atoms with Gasteiger partial charge < -0.3 is 14.9 Å². The maximum atomic E-state index is 11.2. The van der Waals surface area contributed by atoms with E-state index in [1.165, 1.54) is 12.8 Å². The molecule has 3 aliphatic rings. The third-order valence-corrected chi connectivity index (χ3v) is 6.13. The van der Waals surface area contributed by atoms with E-state index in [4.69, 9.17) is 14.6 Å². The van der Waals surface area contributed by atoms with Crippen LogP contribution in [0.1, 0.15) is 44.8 Å². The Bertz CT molecular complexity index is 821. The maximum absolute atomic E-state index is 11.2. The molecule has 5 rings (SSSR count). The van der Waals surface area contributed by atoms with Crippen LogP contribution in [0, 0.1) is 11.8 Å². The van der Waals surface area contributed by atoms with E-state index in [2.05, 4.69) is 16.8 Å². The zero-order valence-electron chi connectivity index (χ0n) is 16.8. The van der Waals surface area contributed by atoms with Crippen molar-refractivity contribution in [1.29, 1.82) is 0 Å². The molecule has 2 unspecified atom stereocenters. The van der Waals surface area contributed by atoms with Crippen molar-refractivity contribution in [3.63, 3.8) is 0 Å². The van der Waals surface area contributed by atoms with E-state index < -0.39 is 12.1 Å². The van der Waals surface area contributed by atoms with Gasteiger partial charge in [-0.1, -0.05) is 13.3 Å². The topological polar surface area (TPSA) is 82.9 Å². The van der Waals surface area contributed by atoms with Gasteiger partial charge in [0.15, 0.2) is 0 Å². The lowest BCUT2D eigenvalue weighted by molar-refractivity contribution is -0.134. The molecular weight excluding hydrogens is 356 g/mol. The second-order valence-electron chi connectivity index (χ2n) is 7.76. The molecule has 0 spiro atoms. The third-order valence-electron chi connectivity index (χ3n) is 6.13. The van der Waals surface area contributed by atoms with Crippen LogP contribution in [0.2, 0.25) is 0 Å². The number of carbonyl (C=O) groups is 1. The second kappa shape index (κ2) is 8.88. The van der Waals surface area contributed by atoms with Gasteiger partial charge in [0, 0.05) is 31.1 Å². The number of hydrogen-bond acceptors (Lipinski definition) is 5. The van der Waals surface area contributed by atoms with E-state index in [0.29, 0.717) is 0 Å². The number of piperidine rings is 3. The Morgan fingerprint density at radius 2 is 2.14 bits per heavy atom. The van der Waals surface area contributed by atoms with Gasteiger partial charge in [0.2, 0.25) is 0 Å². The lowest BCUT2D eigenvalue weighted by atomic mass is 9.72. The van der Waals surface area contributed by atoms with E-state index in [-0.39, 0.29) is 6.04 Å². The SMILES string of the molecule is CC(=O)O.CC[C@@H]1CN2CCC1C[C@@H]2[C@@H](O)c1ccnc2ccc(OC)cc12. The Morgan fingerprint density at radius 1 is 1.39 bits per heavy atom. The van der Waals surface area contributed by atoms with Crippen LogP contribution in [0.4, 0.5) is 0 Å². The predicted octanol–water partition coefficient (Wildman–Crippen LogP) is 3.49. The average Bonchev–Trinajstić information content (AvgIpc) is 2.72. The van der Waals surface area contributed by atoms with Crippen molar-refractivity contribution in [2.45, 2.75) is 45.3 Å². The molecule has 3 aliphatic heterocycles. The minimum Gasteiger partial charge on any atom is -0.497 e. The van der Waals surface area contributed by atoms with Crippen molar-refractivity contribution in [2.24, 2.45) is 11.8 Å². The Labute approximate surface area is 166 Å². The standard InChI is InChI=1S/C20H26N2O2.C2H4O2/c1-3-13-12-22-9-7-14(13)10-19(22)20(23)16-6-8-21-18-5-4-15(24-2)11-17(16)18;1-2(3)4/h4-6,8,11,13-14,19-20,23H,3,7,9-10,12H2,1-2H3;1H3,(H,3,4)/t13-,14?,19-,20+;/m1./s1. The van der Waals surface area contributed by atoms with Gasteiger partial charge in [0.05, 0.1) is 18.7 Å². The van der Waals surface area contributed by atoms with Crippen LogP contribution in [0.25, 0.3) is 10.9 Å². The molecule has 4 heterocycles. The van der Waals surface area contributed by atoms with Crippen LogP contribution >= 0.6 is 0 Å². The van der Waals surface area contributed by atoms with Crippen LogP contribution < -0.4 is 4.74 Å². The van der Waals surface area contributed by atoms with Crippen LogP contribution in [-0.2, 0) is 4.79 Å². The van der Waals surface area contributed by atoms with Crippen molar-refractivity contribution in [2.75, 3.05) is 20.2 Å². The third kappa shape index (κ3) is 4.28. The summed E-state index contributed by atoms with van der Waals surface area (Å²) < 4.78 is 5.36. The Balaban J connectivity index is 0.000000516. The number of ether oxygens (including phenoxy) is 1. The number of rotatable bonds is 4. The molecule has 6 nitrogen and oxygen atoms in total. The summed E-state index contributed by atoms with van der Waals surface area (Å²) in [4.78, 5) is 15.9. The van der Waals surface area contributed by atoms with Crippen LogP contribution in [0.5, 0.6) is 5.75 Å². The van der Waals surface area contributed by atoms with Crippen molar-refractivity contribution < 1.29 is 19.7 Å². The van der Waals surface area contributed by atoms with E-state index in [1.807, 2.05) is 24.3 Å². The van der Waals surface area contributed by atoms with Crippen LogP contribution in [0.15, 0.2) is 30.5 Å². The summed E-state index contributed by atoms with van der Waals surface area (Å²) in [5.41, 5.74) is 1.89. The highest BCUT2D eigenvalue weighted by molar-refractivity contribution is 5.83. The number of hydrogen-bond donors (Lipinski definition) is 2. The number of aliphatic hydroxyl groups excluding tert-OH is 1. The van der Waals surface area contributed by atoms with Gasteiger partial charge in [-0.3, -0.25) is 14.7 Å². The van der Waals surface area contributed by atoms with Gasteiger partial charge in [0.1, 0.15) is 5.75 Å². The van der Waals surface area contributed by atoms with Gasteiger partial charge in [-0.15, -0.1) is 0 Å². The molecular formula is C22H30N2O4. The summed E-state index contributed by atoms with van der Waals surface area (Å²) in [6.45, 7) is 5.63. The minimum absolute atomic E-state index is 0.225. The fourth-order valence-electron chi connectivity index (χ4n) is 4.71. The van der Waals surface area contributed by atoms with Crippen molar-refractivity contribution in [3.05, 3.63) is 36.0 Å². The highest BCUT2D eigenvalue weighted by atomic mass is 16.5. The molecule has 1 aromatic heterocycles. The number of carboxylic acid groups (broad SMARTS) is 1. The minimum atomic E-state index is -0.833. The molecule has 2 N–H and O–H groups in total. The number of benzene rings is 1. The summed E-state index contributed by atoms with van der Waals surface area (Å²) in [6.07, 6.45) is 4.97. The summed E-state index contributed by atoms with van der Waals surface area (Å²) in [5.74, 6) is 1.54. The Hall–Kier alpha value is -2.18. The fraction of sp³-hybridized carbons (Fsp3) is 0.545. The van der Waals surface area contributed by atoms with Gasteiger partial charge >= 0.3 is 0 Å². The Kier molecular flexibility index (Phi) is 6.52. The fourth-order valence-corrected chi connectivity index (χ4v) is 4.71. The highest BCUT2D eigenvalue weighted by Crippen LogP contribution is 2.42. The predicted molar refractivity (Wildman–Crippen MR) is 108 cm³/mol. The molecule has 1 aromatic carbocycles. The number of aliphatic carboxylic acids is 1. The first-order chi connectivity index (χ1) is 13.4. The summed E-state index contributed by atoms with van der Waals surface area (Å²) in [5, 5.41) is 19.6. The summed E-state index contributed by atoms with van der Waals surface area (Å²) in [6, 6.07) is 8.07. The molecule has 2 aromatic rings. The number of aromatic nitrogens is 1. The molecule has 0 amide bonds. The molecule has 5 atom stereocenters. The zero-order chi connectivity index (χ0) is 20.3. The molecule has 0 radical (unpaired) electrons. The van der Waals surface area contributed by atoms with Crippen molar-refractivity contribution in [3.8, 4) is 5.75 Å². The quantitative estimate of drug-likeness (QED) is 0.837. The molecule has 3 saturated heterocycles. The number of methoxy groups -OCH3 is 1. The monoisotopic (exact) mass is 386 g/mol. The zero-order valence-corrected chi connectivity index (χ0v) is 16.8. The summed E-state index contributed by atoms with van der Waals surface area (Å²) >= 11 is 0. The first-order valence-corrected chi connectivity index (χ1v) is 9.98. The van der Waals surface area contributed by atoms with Gasteiger partial charge in [-0.25, -0.2) is 0 Å². The first kappa shape index (κ1) is 20.6. The van der Waals surface area contributed by atoms with Crippen molar-refractivity contribution >= 4 is 16.9 Å². The van der Waals surface area contributed by atoms with E-state index in [9.17, 15) is 5.11 Å². The number of carboxylic acids is 1. The first-order valence-electron chi connectivity index (χ1n) is 9.98.